The summed E-state index contributed by atoms with van der Waals surface area (Å²) >= 11 is 0. The van der Waals surface area contributed by atoms with Gasteiger partial charge < -0.3 is 4.90 Å². The maximum Gasteiger partial charge on any atom is 0.153 e. The molecule has 0 aromatic carbocycles. The minimum atomic E-state index is 0.665. The molecule has 2 fully saturated rings. The Morgan fingerprint density at radius 1 is 1.12 bits per heavy atom. The van der Waals surface area contributed by atoms with Crippen molar-refractivity contribution in [3.63, 3.8) is 0 Å². The second kappa shape index (κ2) is 5.17. The largest absolute Gasteiger partial charge is 0.303 e. The number of hydrogen-bond acceptors (Lipinski definition) is 3. The first-order chi connectivity index (χ1) is 8.42. The van der Waals surface area contributed by atoms with Gasteiger partial charge in [-0.25, -0.2) is 4.98 Å². The van der Waals surface area contributed by atoms with Gasteiger partial charge in [0.15, 0.2) is 5.82 Å². The second-order valence-electron chi connectivity index (χ2n) is 5.42. The van der Waals surface area contributed by atoms with E-state index in [0.717, 1.165) is 24.6 Å². The van der Waals surface area contributed by atoms with Gasteiger partial charge in [0.25, 0.3) is 0 Å². The van der Waals surface area contributed by atoms with E-state index in [-0.39, 0.29) is 0 Å². The number of aromatic nitrogens is 3. The molecule has 2 aliphatic rings. The summed E-state index contributed by atoms with van der Waals surface area (Å²) < 4.78 is 0. The number of H-pyrrole nitrogens is 1. The van der Waals surface area contributed by atoms with Gasteiger partial charge in [-0.1, -0.05) is 12.8 Å². The zero-order valence-corrected chi connectivity index (χ0v) is 10.5. The number of nitrogens with one attached hydrogen (secondary N) is 1. The van der Waals surface area contributed by atoms with Crippen LogP contribution < -0.4 is 0 Å². The van der Waals surface area contributed by atoms with Crippen LogP contribution in [-0.4, -0.2) is 39.7 Å². The van der Waals surface area contributed by atoms with Crippen LogP contribution in [0.2, 0.25) is 0 Å². The van der Waals surface area contributed by atoms with E-state index in [0.29, 0.717) is 5.92 Å². The summed E-state index contributed by atoms with van der Waals surface area (Å²) in [5.41, 5.74) is 0. The van der Waals surface area contributed by atoms with Crippen molar-refractivity contribution in [3.05, 3.63) is 11.6 Å². The Balaban J connectivity index is 1.48. The molecule has 0 radical (unpaired) electrons. The molecule has 0 amide bonds. The third-order valence-electron chi connectivity index (χ3n) is 3.86. The molecule has 0 bridgehead atoms. The number of nitrogens with zero attached hydrogens (tertiary/aromatic N) is 3. The quantitative estimate of drug-likeness (QED) is 0.867. The summed E-state index contributed by atoms with van der Waals surface area (Å²) in [7, 11) is 0. The van der Waals surface area contributed by atoms with Crippen molar-refractivity contribution in [2.45, 2.75) is 50.9 Å². The molecule has 0 atom stereocenters. The fourth-order valence-electron chi connectivity index (χ4n) is 2.57. The molecule has 4 nitrogen and oxygen atoms in total. The topological polar surface area (TPSA) is 44.8 Å². The Morgan fingerprint density at radius 3 is 2.59 bits per heavy atom. The zero-order chi connectivity index (χ0) is 11.5. The molecule has 4 heteroatoms. The molecule has 94 valence electrons. The Labute approximate surface area is 103 Å². The van der Waals surface area contributed by atoms with E-state index >= 15 is 0 Å². The van der Waals surface area contributed by atoms with E-state index < -0.39 is 0 Å². The lowest BCUT2D eigenvalue weighted by atomic mass is 10.2. The number of rotatable bonds is 4. The van der Waals surface area contributed by atoms with Gasteiger partial charge in [0.05, 0.1) is 0 Å². The van der Waals surface area contributed by atoms with Gasteiger partial charge in [0.2, 0.25) is 0 Å². The summed E-state index contributed by atoms with van der Waals surface area (Å²) in [6.45, 7) is 3.67. The van der Waals surface area contributed by atoms with Gasteiger partial charge in [0.1, 0.15) is 5.82 Å². The van der Waals surface area contributed by atoms with Crippen molar-refractivity contribution in [1.29, 1.82) is 0 Å². The van der Waals surface area contributed by atoms with Crippen LogP contribution in [0.4, 0.5) is 0 Å². The van der Waals surface area contributed by atoms with Crippen LogP contribution >= 0.6 is 0 Å². The number of hydrogen-bond donors (Lipinski definition) is 1. The molecular formula is C13H22N4. The van der Waals surface area contributed by atoms with Crippen molar-refractivity contribution < 1.29 is 0 Å². The van der Waals surface area contributed by atoms with E-state index in [1.807, 2.05) is 0 Å². The fraction of sp³-hybridized carbons (Fsp3) is 0.846. The van der Waals surface area contributed by atoms with E-state index in [1.54, 1.807) is 0 Å². The van der Waals surface area contributed by atoms with Gasteiger partial charge in [-0.15, -0.1) is 0 Å². The summed E-state index contributed by atoms with van der Waals surface area (Å²) in [5, 5.41) is 7.40. The minimum Gasteiger partial charge on any atom is -0.303 e. The van der Waals surface area contributed by atoms with E-state index in [4.69, 9.17) is 0 Å². The highest BCUT2D eigenvalue weighted by molar-refractivity contribution is 5.05. The molecule has 1 saturated heterocycles. The van der Waals surface area contributed by atoms with E-state index in [2.05, 4.69) is 20.1 Å². The molecule has 2 heterocycles. The molecule has 0 spiro atoms. The molecule has 1 N–H and O–H groups in total. The summed E-state index contributed by atoms with van der Waals surface area (Å²) in [4.78, 5) is 7.16. The lowest BCUT2D eigenvalue weighted by Crippen LogP contribution is -2.27. The van der Waals surface area contributed by atoms with E-state index in [9.17, 15) is 0 Å². The van der Waals surface area contributed by atoms with Crippen LogP contribution in [0, 0.1) is 0 Å². The van der Waals surface area contributed by atoms with Crippen LogP contribution in [0.15, 0.2) is 0 Å². The maximum absolute atomic E-state index is 4.59. The Bertz CT molecular complexity index is 348. The number of aromatic amines is 1. The van der Waals surface area contributed by atoms with Gasteiger partial charge in [-0.2, -0.15) is 5.10 Å². The van der Waals surface area contributed by atoms with Crippen molar-refractivity contribution in [3.8, 4) is 0 Å². The first-order valence-electron chi connectivity index (χ1n) is 7.05. The Kier molecular flexibility index (Phi) is 3.41. The van der Waals surface area contributed by atoms with Crippen molar-refractivity contribution in [1.82, 2.24) is 20.1 Å². The van der Waals surface area contributed by atoms with Crippen LogP contribution in [0.1, 0.15) is 56.1 Å². The third kappa shape index (κ3) is 3.06. The highest BCUT2D eigenvalue weighted by Crippen LogP contribution is 2.37. The predicted octanol–water partition coefficient (Wildman–Crippen LogP) is 2.10. The molecule has 17 heavy (non-hydrogen) atoms. The average Bonchev–Trinajstić information content (AvgIpc) is 3.13. The van der Waals surface area contributed by atoms with Crippen molar-refractivity contribution in [2.24, 2.45) is 0 Å². The summed E-state index contributed by atoms with van der Waals surface area (Å²) in [6.07, 6.45) is 9.13. The standard InChI is InChI=1S/C13H22N4/c1-2-4-9-17(8-3-1)10-7-12-14-13(16-15-12)11-5-6-11/h11H,1-10H2,(H,14,15,16). The molecule has 1 saturated carbocycles. The minimum absolute atomic E-state index is 0.665. The second-order valence-corrected chi connectivity index (χ2v) is 5.42. The van der Waals surface area contributed by atoms with Crippen LogP contribution in [0.25, 0.3) is 0 Å². The highest BCUT2D eigenvalue weighted by atomic mass is 15.2. The van der Waals surface area contributed by atoms with Gasteiger partial charge in [0, 0.05) is 18.9 Å². The van der Waals surface area contributed by atoms with Crippen molar-refractivity contribution >= 4 is 0 Å². The Morgan fingerprint density at radius 2 is 1.88 bits per heavy atom. The average molecular weight is 234 g/mol. The maximum atomic E-state index is 4.59. The molecule has 1 aromatic heterocycles. The molecule has 3 rings (SSSR count). The van der Waals surface area contributed by atoms with Gasteiger partial charge in [-0.3, -0.25) is 5.10 Å². The van der Waals surface area contributed by atoms with Crippen molar-refractivity contribution in [2.75, 3.05) is 19.6 Å². The Hall–Kier alpha value is -0.900. The first-order valence-corrected chi connectivity index (χ1v) is 7.05. The van der Waals surface area contributed by atoms with Gasteiger partial charge in [-0.05, 0) is 38.8 Å². The van der Waals surface area contributed by atoms with Crippen LogP contribution in [0.5, 0.6) is 0 Å². The highest BCUT2D eigenvalue weighted by Gasteiger charge is 2.27. The lowest BCUT2D eigenvalue weighted by Gasteiger charge is -2.18. The monoisotopic (exact) mass is 234 g/mol. The molecule has 0 unspecified atom stereocenters. The smallest absolute Gasteiger partial charge is 0.153 e. The van der Waals surface area contributed by atoms with Gasteiger partial charge >= 0.3 is 0 Å². The van der Waals surface area contributed by atoms with E-state index in [1.165, 1.54) is 51.6 Å². The zero-order valence-electron chi connectivity index (χ0n) is 10.5. The third-order valence-corrected chi connectivity index (χ3v) is 3.86. The summed E-state index contributed by atoms with van der Waals surface area (Å²) in [6, 6.07) is 0. The molecule has 1 aliphatic carbocycles. The molecule has 1 aromatic rings. The number of likely N-dealkylation sites (tertiary alicyclic amines) is 1. The first kappa shape index (κ1) is 11.2. The van der Waals surface area contributed by atoms with Crippen LogP contribution in [0.3, 0.4) is 0 Å². The SMILES string of the molecule is C1CCCN(CCc2nc(C3CC3)n[nH]2)CC1. The predicted molar refractivity (Wildman–Crippen MR) is 67.0 cm³/mol. The lowest BCUT2D eigenvalue weighted by molar-refractivity contribution is 0.287. The van der Waals surface area contributed by atoms with Crippen LogP contribution in [-0.2, 0) is 6.42 Å². The normalized spacial score (nSPS) is 22.6. The fourth-order valence-corrected chi connectivity index (χ4v) is 2.57. The molecular weight excluding hydrogens is 212 g/mol. The summed E-state index contributed by atoms with van der Waals surface area (Å²) in [5.74, 6) is 2.80. The molecule has 1 aliphatic heterocycles.